The zero-order valence-electron chi connectivity index (χ0n) is 14.0. The van der Waals surface area contributed by atoms with Gasteiger partial charge in [-0.1, -0.05) is 0 Å². The van der Waals surface area contributed by atoms with Crippen LogP contribution in [-0.4, -0.2) is 71.7 Å². The standard InChI is InChI=1S/C17H21FN4O2S/c1-20-6-7-21(17-12-25(23,24)11-16(17)20)9-13-8-19-22(10-13)15-4-2-14(18)3-5-15/h2-5,8,10,16-17H,6-7,9,11-12H2,1H3/t16-,17+/m1/s1. The minimum absolute atomic E-state index is 0.0397. The van der Waals surface area contributed by atoms with E-state index in [-0.39, 0.29) is 29.4 Å². The average Bonchev–Trinajstić information content (AvgIpc) is 3.15. The number of hydrogen-bond acceptors (Lipinski definition) is 5. The molecule has 0 amide bonds. The van der Waals surface area contributed by atoms with Gasteiger partial charge < -0.3 is 0 Å². The van der Waals surface area contributed by atoms with Crippen LogP contribution >= 0.6 is 0 Å². The van der Waals surface area contributed by atoms with Gasteiger partial charge in [0.15, 0.2) is 9.84 Å². The van der Waals surface area contributed by atoms with Crippen LogP contribution in [0.5, 0.6) is 0 Å². The largest absolute Gasteiger partial charge is 0.300 e. The lowest BCUT2D eigenvalue weighted by Gasteiger charge is -2.42. The van der Waals surface area contributed by atoms with Crippen molar-refractivity contribution in [1.82, 2.24) is 19.6 Å². The molecule has 2 aliphatic rings. The first-order valence-electron chi connectivity index (χ1n) is 8.35. The Hall–Kier alpha value is -1.77. The number of piperazine rings is 1. The Bertz CT molecular complexity index is 865. The van der Waals surface area contributed by atoms with Gasteiger partial charge in [-0.05, 0) is 31.3 Å². The number of nitrogens with zero attached hydrogens (tertiary/aromatic N) is 4. The molecule has 2 aliphatic heterocycles. The van der Waals surface area contributed by atoms with Crippen LogP contribution in [0.4, 0.5) is 4.39 Å². The van der Waals surface area contributed by atoms with Crippen LogP contribution in [0, 0.1) is 5.82 Å². The molecule has 0 N–H and O–H groups in total. The van der Waals surface area contributed by atoms with Gasteiger partial charge in [0.05, 0.1) is 23.4 Å². The number of rotatable bonds is 3. The number of sulfone groups is 1. The molecule has 134 valence electrons. The Morgan fingerprint density at radius 2 is 1.88 bits per heavy atom. The Labute approximate surface area is 146 Å². The van der Waals surface area contributed by atoms with Crippen molar-refractivity contribution in [3.05, 3.63) is 48.0 Å². The van der Waals surface area contributed by atoms with Crippen molar-refractivity contribution in [2.45, 2.75) is 18.6 Å². The maximum Gasteiger partial charge on any atom is 0.153 e. The highest BCUT2D eigenvalue weighted by atomic mass is 32.2. The number of hydrogen-bond donors (Lipinski definition) is 0. The van der Waals surface area contributed by atoms with Crippen molar-refractivity contribution in [3.8, 4) is 5.69 Å². The van der Waals surface area contributed by atoms with E-state index in [1.165, 1.54) is 12.1 Å². The molecule has 4 rings (SSSR count). The summed E-state index contributed by atoms with van der Waals surface area (Å²) in [4.78, 5) is 4.41. The van der Waals surface area contributed by atoms with E-state index in [1.807, 2.05) is 13.2 Å². The number of fused-ring (bicyclic) bond motifs is 1. The van der Waals surface area contributed by atoms with Crippen molar-refractivity contribution in [3.63, 3.8) is 0 Å². The summed E-state index contributed by atoms with van der Waals surface area (Å²) >= 11 is 0. The van der Waals surface area contributed by atoms with E-state index in [9.17, 15) is 12.8 Å². The van der Waals surface area contributed by atoms with Gasteiger partial charge in [0.1, 0.15) is 5.82 Å². The van der Waals surface area contributed by atoms with Crippen LogP contribution in [0.2, 0.25) is 0 Å². The molecular formula is C17H21FN4O2S. The molecular weight excluding hydrogens is 343 g/mol. The fourth-order valence-corrected chi connectivity index (χ4v) is 5.89. The monoisotopic (exact) mass is 364 g/mol. The fraction of sp³-hybridized carbons (Fsp3) is 0.471. The summed E-state index contributed by atoms with van der Waals surface area (Å²) in [5.41, 5.74) is 1.82. The van der Waals surface area contributed by atoms with Gasteiger partial charge in [-0.25, -0.2) is 17.5 Å². The summed E-state index contributed by atoms with van der Waals surface area (Å²) in [5, 5.41) is 4.35. The molecule has 0 unspecified atom stereocenters. The summed E-state index contributed by atoms with van der Waals surface area (Å²) in [6.07, 6.45) is 3.71. The highest BCUT2D eigenvalue weighted by molar-refractivity contribution is 7.91. The SMILES string of the molecule is CN1CCN(Cc2cnn(-c3ccc(F)cc3)c2)[C@H]2CS(=O)(=O)C[C@H]21. The van der Waals surface area contributed by atoms with E-state index in [1.54, 1.807) is 23.0 Å². The van der Waals surface area contributed by atoms with E-state index >= 15 is 0 Å². The molecule has 0 saturated carbocycles. The molecule has 8 heteroatoms. The molecule has 2 fully saturated rings. The minimum atomic E-state index is -2.97. The van der Waals surface area contributed by atoms with Gasteiger partial charge in [0, 0.05) is 43.5 Å². The van der Waals surface area contributed by atoms with Crippen molar-refractivity contribution in [1.29, 1.82) is 0 Å². The summed E-state index contributed by atoms with van der Waals surface area (Å²) in [7, 11) is -0.966. The van der Waals surface area contributed by atoms with Crippen molar-refractivity contribution in [2.75, 3.05) is 31.6 Å². The summed E-state index contributed by atoms with van der Waals surface area (Å²) in [6.45, 7) is 2.38. The van der Waals surface area contributed by atoms with Crippen molar-refractivity contribution < 1.29 is 12.8 Å². The predicted molar refractivity (Wildman–Crippen MR) is 92.8 cm³/mol. The third-order valence-electron chi connectivity index (χ3n) is 5.18. The normalized spacial score (nSPS) is 26.6. The van der Waals surface area contributed by atoms with Gasteiger partial charge in [0.25, 0.3) is 0 Å². The van der Waals surface area contributed by atoms with Gasteiger partial charge in [-0.15, -0.1) is 0 Å². The third-order valence-corrected chi connectivity index (χ3v) is 6.88. The van der Waals surface area contributed by atoms with Gasteiger partial charge in [-0.3, -0.25) is 9.80 Å². The predicted octanol–water partition coefficient (Wildman–Crippen LogP) is 0.924. The van der Waals surface area contributed by atoms with Crippen LogP contribution < -0.4 is 0 Å². The van der Waals surface area contributed by atoms with Gasteiger partial charge in [-0.2, -0.15) is 5.10 Å². The lowest BCUT2D eigenvalue weighted by Crippen LogP contribution is -2.57. The van der Waals surface area contributed by atoms with Crippen LogP contribution in [0.25, 0.3) is 5.69 Å². The van der Waals surface area contributed by atoms with Crippen LogP contribution in [0.3, 0.4) is 0 Å². The molecule has 1 aromatic heterocycles. The van der Waals surface area contributed by atoms with Crippen LogP contribution in [0.1, 0.15) is 5.56 Å². The first kappa shape index (κ1) is 16.7. The topological polar surface area (TPSA) is 58.4 Å². The zero-order valence-corrected chi connectivity index (χ0v) is 14.9. The van der Waals surface area contributed by atoms with E-state index < -0.39 is 9.84 Å². The summed E-state index contributed by atoms with van der Waals surface area (Å²) in [6, 6.07) is 6.29. The number of likely N-dealkylation sites (N-methyl/N-ethyl adjacent to an activating group) is 1. The second-order valence-electron chi connectivity index (χ2n) is 6.93. The van der Waals surface area contributed by atoms with E-state index in [0.717, 1.165) is 24.3 Å². The highest BCUT2D eigenvalue weighted by Crippen LogP contribution is 2.27. The van der Waals surface area contributed by atoms with Gasteiger partial charge in [0.2, 0.25) is 0 Å². The summed E-state index contributed by atoms with van der Waals surface area (Å²) in [5.74, 6) is 0.204. The number of aromatic nitrogens is 2. The quantitative estimate of drug-likeness (QED) is 0.811. The van der Waals surface area contributed by atoms with Gasteiger partial charge >= 0.3 is 0 Å². The van der Waals surface area contributed by atoms with Crippen molar-refractivity contribution >= 4 is 9.84 Å². The Morgan fingerprint density at radius 3 is 2.64 bits per heavy atom. The Kier molecular flexibility index (Phi) is 4.13. The molecule has 2 aromatic rings. The maximum atomic E-state index is 13.0. The number of halogens is 1. The molecule has 0 spiro atoms. The van der Waals surface area contributed by atoms with E-state index in [0.29, 0.717) is 6.54 Å². The molecule has 0 bridgehead atoms. The lowest BCUT2D eigenvalue weighted by atomic mass is 10.1. The molecule has 1 aromatic carbocycles. The van der Waals surface area contributed by atoms with E-state index in [2.05, 4.69) is 14.9 Å². The van der Waals surface area contributed by atoms with Crippen molar-refractivity contribution in [2.24, 2.45) is 0 Å². The minimum Gasteiger partial charge on any atom is -0.300 e. The maximum absolute atomic E-state index is 13.0. The Balaban J connectivity index is 1.51. The molecule has 0 aliphatic carbocycles. The fourth-order valence-electron chi connectivity index (χ4n) is 3.81. The average molecular weight is 364 g/mol. The van der Waals surface area contributed by atoms with E-state index in [4.69, 9.17) is 0 Å². The first-order chi connectivity index (χ1) is 11.9. The lowest BCUT2D eigenvalue weighted by molar-refractivity contribution is 0.0573. The Morgan fingerprint density at radius 1 is 1.16 bits per heavy atom. The second-order valence-corrected chi connectivity index (χ2v) is 9.09. The van der Waals surface area contributed by atoms with Crippen LogP contribution in [-0.2, 0) is 16.4 Å². The molecule has 6 nitrogen and oxygen atoms in total. The highest BCUT2D eigenvalue weighted by Gasteiger charge is 2.45. The molecule has 0 radical (unpaired) electrons. The zero-order chi connectivity index (χ0) is 17.6. The third kappa shape index (κ3) is 3.33. The molecule has 25 heavy (non-hydrogen) atoms. The second kappa shape index (κ2) is 6.19. The number of benzene rings is 1. The summed E-state index contributed by atoms with van der Waals surface area (Å²) < 4.78 is 38.9. The smallest absolute Gasteiger partial charge is 0.153 e. The first-order valence-corrected chi connectivity index (χ1v) is 10.2. The molecule has 2 saturated heterocycles. The molecule has 3 heterocycles. The van der Waals surface area contributed by atoms with Crippen LogP contribution in [0.15, 0.2) is 36.7 Å². The molecule has 2 atom stereocenters.